The second-order valence-corrected chi connectivity index (χ2v) is 3.61. The van der Waals surface area contributed by atoms with Gasteiger partial charge in [0, 0.05) is 11.8 Å². The molecule has 0 bridgehead atoms. The molecular formula is C11H16FNO. The molecule has 0 spiro atoms. The average molecular weight is 197 g/mol. The van der Waals surface area contributed by atoms with Gasteiger partial charge in [-0.1, -0.05) is 13.8 Å². The van der Waals surface area contributed by atoms with Gasteiger partial charge < -0.3 is 4.74 Å². The number of rotatable bonds is 3. The molecule has 1 heterocycles. The molecule has 0 aromatic carbocycles. The Hall–Kier alpha value is -1.12. The smallest absolute Gasteiger partial charge is 0.213 e. The van der Waals surface area contributed by atoms with Crippen LogP contribution >= 0.6 is 0 Å². The molecule has 0 saturated carbocycles. The van der Waals surface area contributed by atoms with Crippen molar-refractivity contribution in [2.75, 3.05) is 7.11 Å². The number of aromatic nitrogens is 1. The van der Waals surface area contributed by atoms with Crippen molar-refractivity contribution in [1.82, 2.24) is 4.98 Å². The third kappa shape index (κ3) is 2.03. The maximum absolute atomic E-state index is 12.8. The van der Waals surface area contributed by atoms with Crippen molar-refractivity contribution in [3.8, 4) is 5.88 Å². The van der Waals surface area contributed by atoms with Gasteiger partial charge in [-0.25, -0.2) is 9.37 Å². The van der Waals surface area contributed by atoms with Gasteiger partial charge >= 0.3 is 0 Å². The first-order chi connectivity index (χ1) is 6.60. The van der Waals surface area contributed by atoms with Crippen molar-refractivity contribution in [3.05, 3.63) is 22.9 Å². The van der Waals surface area contributed by atoms with Crippen LogP contribution in [-0.4, -0.2) is 12.1 Å². The quantitative estimate of drug-likeness (QED) is 0.743. The normalized spacial score (nSPS) is 10.7. The molecule has 0 radical (unpaired) electrons. The van der Waals surface area contributed by atoms with Crippen molar-refractivity contribution in [2.45, 2.75) is 33.4 Å². The van der Waals surface area contributed by atoms with E-state index in [2.05, 4.69) is 4.98 Å². The Morgan fingerprint density at radius 2 is 2.14 bits per heavy atom. The first-order valence-corrected chi connectivity index (χ1v) is 4.70. The van der Waals surface area contributed by atoms with Gasteiger partial charge in [0.15, 0.2) is 0 Å². The highest BCUT2D eigenvalue weighted by Crippen LogP contribution is 2.26. The Morgan fingerprint density at radius 1 is 1.50 bits per heavy atom. The summed E-state index contributed by atoms with van der Waals surface area (Å²) in [4.78, 5) is 4.23. The van der Waals surface area contributed by atoms with Crippen LogP contribution in [0.15, 0.2) is 6.07 Å². The Bertz CT molecular complexity index is 323. The van der Waals surface area contributed by atoms with Crippen LogP contribution in [0.5, 0.6) is 5.88 Å². The Balaban J connectivity index is 3.27. The highest BCUT2D eigenvalue weighted by atomic mass is 19.1. The number of methoxy groups -OCH3 is 1. The predicted octanol–water partition coefficient (Wildman–Crippen LogP) is 2.99. The minimum absolute atomic E-state index is 0.291. The van der Waals surface area contributed by atoms with E-state index in [0.29, 0.717) is 17.4 Å². The maximum Gasteiger partial charge on any atom is 0.213 e. The molecule has 0 aliphatic heterocycles. The third-order valence-corrected chi connectivity index (χ3v) is 2.24. The van der Waals surface area contributed by atoms with E-state index in [0.717, 1.165) is 11.3 Å². The standard InChI is InChI=1S/C11H16FNO/c1-7(2)11-8(3)13-10(14-4)5-9(11)6-12/h5,7H,6H2,1-4H3. The summed E-state index contributed by atoms with van der Waals surface area (Å²) in [6.45, 7) is 5.50. The molecule has 0 aliphatic rings. The molecule has 1 aromatic heterocycles. The number of halogens is 1. The van der Waals surface area contributed by atoms with E-state index in [4.69, 9.17) is 4.74 Å². The number of ether oxygens (including phenoxy) is 1. The zero-order valence-corrected chi connectivity index (χ0v) is 9.10. The molecule has 0 amide bonds. The summed E-state index contributed by atoms with van der Waals surface area (Å²) < 4.78 is 17.8. The van der Waals surface area contributed by atoms with Crippen LogP contribution in [0.25, 0.3) is 0 Å². The van der Waals surface area contributed by atoms with Gasteiger partial charge in [-0.2, -0.15) is 0 Å². The number of nitrogens with zero attached hydrogens (tertiary/aromatic N) is 1. The largest absolute Gasteiger partial charge is 0.481 e. The zero-order chi connectivity index (χ0) is 10.7. The lowest BCUT2D eigenvalue weighted by Crippen LogP contribution is -2.02. The summed E-state index contributed by atoms with van der Waals surface area (Å²) in [5.41, 5.74) is 2.53. The molecular weight excluding hydrogens is 181 g/mol. The molecule has 1 aromatic rings. The molecule has 0 fully saturated rings. The minimum atomic E-state index is -0.465. The topological polar surface area (TPSA) is 22.1 Å². The van der Waals surface area contributed by atoms with Crippen molar-refractivity contribution in [1.29, 1.82) is 0 Å². The minimum Gasteiger partial charge on any atom is -0.481 e. The molecule has 0 atom stereocenters. The van der Waals surface area contributed by atoms with Crippen LogP contribution in [0.4, 0.5) is 4.39 Å². The molecule has 0 N–H and O–H groups in total. The Kier molecular flexibility index (Phi) is 3.44. The molecule has 1 rings (SSSR count). The second-order valence-electron chi connectivity index (χ2n) is 3.61. The van der Waals surface area contributed by atoms with Crippen LogP contribution in [0.3, 0.4) is 0 Å². The lowest BCUT2D eigenvalue weighted by molar-refractivity contribution is 0.393. The fourth-order valence-electron chi connectivity index (χ4n) is 1.72. The first kappa shape index (κ1) is 11.0. The van der Waals surface area contributed by atoms with Gasteiger partial charge in [0.25, 0.3) is 0 Å². The summed E-state index contributed by atoms with van der Waals surface area (Å²) >= 11 is 0. The number of alkyl halides is 1. The van der Waals surface area contributed by atoms with E-state index >= 15 is 0 Å². The lowest BCUT2D eigenvalue weighted by atomic mass is 9.97. The second kappa shape index (κ2) is 4.40. The monoisotopic (exact) mass is 197 g/mol. The Labute approximate surface area is 84.1 Å². The number of pyridine rings is 1. The molecule has 0 aliphatic carbocycles. The van der Waals surface area contributed by atoms with Gasteiger partial charge in [0.2, 0.25) is 5.88 Å². The summed E-state index contributed by atoms with van der Waals surface area (Å²) in [6.07, 6.45) is 0. The van der Waals surface area contributed by atoms with E-state index < -0.39 is 6.67 Å². The summed E-state index contributed by atoms with van der Waals surface area (Å²) in [5, 5.41) is 0. The molecule has 2 nitrogen and oxygen atoms in total. The molecule has 0 saturated heterocycles. The molecule has 3 heteroatoms. The van der Waals surface area contributed by atoms with Crippen LogP contribution in [0.1, 0.15) is 36.6 Å². The lowest BCUT2D eigenvalue weighted by Gasteiger charge is -2.14. The van der Waals surface area contributed by atoms with Gasteiger partial charge in [0.1, 0.15) is 6.67 Å². The first-order valence-electron chi connectivity index (χ1n) is 4.70. The zero-order valence-electron chi connectivity index (χ0n) is 9.10. The van der Waals surface area contributed by atoms with E-state index in [1.165, 1.54) is 0 Å². The van der Waals surface area contributed by atoms with Gasteiger partial charge in [0.05, 0.1) is 7.11 Å². The van der Waals surface area contributed by atoms with E-state index in [1.54, 1.807) is 13.2 Å². The van der Waals surface area contributed by atoms with E-state index in [1.807, 2.05) is 20.8 Å². The van der Waals surface area contributed by atoms with Crippen molar-refractivity contribution in [2.24, 2.45) is 0 Å². The fraction of sp³-hybridized carbons (Fsp3) is 0.545. The molecule has 14 heavy (non-hydrogen) atoms. The fourth-order valence-corrected chi connectivity index (χ4v) is 1.72. The SMILES string of the molecule is COc1cc(CF)c(C(C)C)c(C)n1. The number of aryl methyl sites for hydroxylation is 1. The van der Waals surface area contributed by atoms with Crippen molar-refractivity contribution in [3.63, 3.8) is 0 Å². The average Bonchev–Trinajstić information content (AvgIpc) is 2.15. The van der Waals surface area contributed by atoms with E-state index in [-0.39, 0.29) is 0 Å². The molecule has 0 unspecified atom stereocenters. The van der Waals surface area contributed by atoms with E-state index in [9.17, 15) is 4.39 Å². The van der Waals surface area contributed by atoms with Gasteiger partial charge in [-0.15, -0.1) is 0 Å². The van der Waals surface area contributed by atoms with Crippen LogP contribution in [0.2, 0.25) is 0 Å². The predicted molar refractivity (Wildman–Crippen MR) is 54.4 cm³/mol. The molecule has 78 valence electrons. The highest BCUT2D eigenvalue weighted by Gasteiger charge is 2.12. The summed E-state index contributed by atoms with van der Waals surface area (Å²) in [5.74, 6) is 0.777. The highest BCUT2D eigenvalue weighted by molar-refractivity contribution is 5.36. The van der Waals surface area contributed by atoms with Crippen LogP contribution < -0.4 is 4.74 Å². The van der Waals surface area contributed by atoms with Crippen LogP contribution in [0, 0.1) is 6.92 Å². The summed E-state index contributed by atoms with van der Waals surface area (Å²) in [7, 11) is 1.54. The Morgan fingerprint density at radius 3 is 2.57 bits per heavy atom. The number of hydrogen-bond donors (Lipinski definition) is 0. The van der Waals surface area contributed by atoms with Crippen molar-refractivity contribution < 1.29 is 9.13 Å². The maximum atomic E-state index is 12.8. The van der Waals surface area contributed by atoms with Gasteiger partial charge in [-0.05, 0) is 24.0 Å². The number of hydrogen-bond acceptors (Lipinski definition) is 2. The van der Waals surface area contributed by atoms with Crippen molar-refractivity contribution >= 4 is 0 Å². The van der Waals surface area contributed by atoms with Crippen LogP contribution in [-0.2, 0) is 6.67 Å². The third-order valence-electron chi connectivity index (χ3n) is 2.24. The van der Waals surface area contributed by atoms with Gasteiger partial charge in [-0.3, -0.25) is 0 Å². The summed E-state index contributed by atoms with van der Waals surface area (Å²) in [6, 6.07) is 1.67.